The smallest absolute Gasteiger partial charge is 0.239 e. The molecule has 0 radical (unpaired) electrons. The average molecular weight is 310 g/mol. The van der Waals surface area contributed by atoms with Crippen molar-refractivity contribution >= 4 is 17.5 Å². The van der Waals surface area contributed by atoms with Crippen LogP contribution in [0.15, 0.2) is 24.3 Å². The fourth-order valence-corrected chi connectivity index (χ4v) is 2.58. The second-order valence-corrected chi connectivity index (χ2v) is 6.81. The Balaban J connectivity index is 1.78. The number of carbonyl (C=O) groups is 1. The standard InChI is InChI=1S/C16H24ClN3O/c1-16(2,18)15(21)19-14-7-9-20(10-8-14)11-12-3-5-13(17)6-4-12/h3-6,14H,7-11,18H2,1-2H3,(H,19,21). The largest absolute Gasteiger partial charge is 0.352 e. The fraction of sp³-hybridized carbons (Fsp3) is 0.562. The molecule has 1 aromatic carbocycles. The minimum atomic E-state index is -0.805. The van der Waals surface area contributed by atoms with Crippen LogP contribution in [0.25, 0.3) is 0 Å². The topological polar surface area (TPSA) is 58.4 Å². The van der Waals surface area contributed by atoms with Gasteiger partial charge in [-0.05, 0) is 44.4 Å². The first-order valence-electron chi connectivity index (χ1n) is 7.41. The van der Waals surface area contributed by atoms with Gasteiger partial charge < -0.3 is 11.1 Å². The summed E-state index contributed by atoms with van der Waals surface area (Å²) in [5.74, 6) is -0.0707. The molecule has 4 nitrogen and oxygen atoms in total. The van der Waals surface area contributed by atoms with Gasteiger partial charge in [0.1, 0.15) is 0 Å². The fourth-order valence-electron chi connectivity index (χ4n) is 2.45. The Labute approximate surface area is 131 Å². The zero-order valence-electron chi connectivity index (χ0n) is 12.7. The van der Waals surface area contributed by atoms with Gasteiger partial charge in [0, 0.05) is 30.7 Å². The first kappa shape index (κ1) is 16.3. The summed E-state index contributed by atoms with van der Waals surface area (Å²) in [6.45, 7) is 6.37. The van der Waals surface area contributed by atoms with Crippen LogP contribution in [0.5, 0.6) is 0 Å². The average Bonchev–Trinajstić information content (AvgIpc) is 2.42. The van der Waals surface area contributed by atoms with Gasteiger partial charge in [-0.15, -0.1) is 0 Å². The van der Waals surface area contributed by atoms with Gasteiger partial charge in [-0.3, -0.25) is 9.69 Å². The highest BCUT2D eigenvalue weighted by Gasteiger charge is 2.26. The van der Waals surface area contributed by atoms with Gasteiger partial charge in [0.2, 0.25) is 5.91 Å². The van der Waals surface area contributed by atoms with E-state index in [2.05, 4.69) is 22.3 Å². The van der Waals surface area contributed by atoms with Crippen molar-refractivity contribution in [2.45, 2.75) is 44.8 Å². The van der Waals surface area contributed by atoms with E-state index in [0.717, 1.165) is 37.5 Å². The van der Waals surface area contributed by atoms with Gasteiger partial charge in [-0.2, -0.15) is 0 Å². The van der Waals surface area contributed by atoms with E-state index in [4.69, 9.17) is 17.3 Å². The van der Waals surface area contributed by atoms with Crippen LogP contribution in [-0.2, 0) is 11.3 Å². The van der Waals surface area contributed by atoms with Gasteiger partial charge in [-0.25, -0.2) is 0 Å². The molecule has 1 saturated heterocycles. The molecule has 1 aromatic rings. The third-order valence-electron chi connectivity index (χ3n) is 3.83. The molecule has 0 bridgehead atoms. The Bertz CT molecular complexity index is 473. The molecule has 0 saturated carbocycles. The second-order valence-electron chi connectivity index (χ2n) is 6.37. The molecule has 0 atom stereocenters. The molecule has 0 spiro atoms. The summed E-state index contributed by atoms with van der Waals surface area (Å²) in [6, 6.07) is 8.21. The first-order valence-corrected chi connectivity index (χ1v) is 7.79. The van der Waals surface area contributed by atoms with Gasteiger partial charge >= 0.3 is 0 Å². The molecule has 0 unspecified atom stereocenters. The Morgan fingerprint density at radius 2 is 1.90 bits per heavy atom. The molecule has 1 amide bonds. The maximum atomic E-state index is 11.9. The molecule has 5 heteroatoms. The third kappa shape index (κ3) is 4.99. The Morgan fingerprint density at radius 3 is 2.43 bits per heavy atom. The minimum absolute atomic E-state index is 0.0707. The van der Waals surface area contributed by atoms with Crippen LogP contribution in [0.2, 0.25) is 5.02 Å². The highest BCUT2D eigenvalue weighted by molar-refractivity contribution is 6.30. The van der Waals surface area contributed by atoms with Crippen LogP contribution in [0, 0.1) is 0 Å². The number of hydrogen-bond donors (Lipinski definition) is 2. The summed E-state index contributed by atoms with van der Waals surface area (Å²) in [7, 11) is 0. The normalized spacial score (nSPS) is 17.7. The summed E-state index contributed by atoms with van der Waals surface area (Å²) >= 11 is 5.89. The maximum Gasteiger partial charge on any atom is 0.239 e. The number of hydrogen-bond acceptors (Lipinski definition) is 3. The van der Waals surface area contributed by atoms with Crippen molar-refractivity contribution in [3.63, 3.8) is 0 Å². The van der Waals surface area contributed by atoms with Gasteiger partial charge in [0.05, 0.1) is 5.54 Å². The molecule has 1 aliphatic rings. The number of nitrogens with one attached hydrogen (secondary N) is 1. The minimum Gasteiger partial charge on any atom is -0.352 e. The van der Waals surface area contributed by atoms with Crippen molar-refractivity contribution in [1.82, 2.24) is 10.2 Å². The molecule has 3 N–H and O–H groups in total. The van der Waals surface area contributed by atoms with Gasteiger partial charge in [-0.1, -0.05) is 23.7 Å². The van der Waals surface area contributed by atoms with Crippen molar-refractivity contribution in [1.29, 1.82) is 0 Å². The lowest BCUT2D eigenvalue weighted by atomic mass is 10.0. The van der Waals surface area contributed by atoms with Crippen LogP contribution in [0.4, 0.5) is 0 Å². The molecule has 0 aromatic heterocycles. The van der Waals surface area contributed by atoms with Crippen molar-refractivity contribution in [3.05, 3.63) is 34.9 Å². The lowest BCUT2D eigenvalue weighted by molar-refractivity contribution is -0.126. The van der Waals surface area contributed by atoms with E-state index in [1.165, 1.54) is 5.56 Å². The quantitative estimate of drug-likeness (QED) is 0.896. The summed E-state index contributed by atoms with van der Waals surface area (Å²) < 4.78 is 0. The first-order chi connectivity index (χ1) is 9.84. The number of nitrogens with zero attached hydrogens (tertiary/aromatic N) is 1. The Morgan fingerprint density at radius 1 is 1.33 bits per heavy atom. The molecule has 1 heterocycles. The van der Waals surface area contributed by atoms with Crippen LogP contribution in [-0.4, -0.2) is 35.5 Å². The highest BCUT2D eigenvalue weighted by atomic mass is 35.5. The molecule has 1 fully saturated rings. The monoisotopic (exact) mass is 309 g/mol. The van der Waals surface area contributed by atoms with Gasteiger partial charge in [0.15, 0.2) is 0 Å². The number of amides is 1. The Hall–Kier alpha value is -1.10. The van der Waals surface area contributed by atoms with Crippen LogP contribution in [0.3, 0.4) is 0 Å². The zero-order valence-corrected chi connectivity index (χ0v) is 13.5. The van der Waals surface area contributed by atoms with Crippen molar-refractivity contribution in [2.24, 2.45) is 5.73 Å². The third-order valence-corrected chi connectivity index (χ3v) is 4.08. The predicted molar refractivity (Wildman–Crippen MR) is 86.2 cm³/mol. The van der Waals surface area contributed by atoms with E-state index in [1.807, 2.05) is 12.1 Å². The van der Waals surface area contributed by atoms with Crippen LogP contribution in [0.1, 0.15) is 32.3 Å². The van der Waals surface area contributed by atoms with E-state index in [0.29, 0.717) is 0 Å². The molecular weight excluding hydrogens is 286 g/mol. The van der Waals surface area contributed by atoms with Gasteiger partial charge in [0.25, 0.3) is 0 Å². The maximum absolute atomic E-state index is 11.9. The van der Waals surface area contributed by atoms with Crippen LogP contribution < -0.4 is 11.1 Å². The van der Waals surface area contributed by atoms with E-state index in [-0.39, 0.29) is 11.9 Å². The number of rotatable bonds is 4. The summed E-state index contributed by atoms with van der Waals surface area (Å²) in [5.41, 5.74) is 6.27. The SMILES string of the molecule is CC(C)(N)C(=O)NC1CCN(Cc2ccc(Cl)cc2)CC1. The summed E-state index contributed by atoms with van der Waals surface area (Å²) in [5, 5.41) is 3.81. The number of halogens is 1. The molecular formula is C16H24ClN3O. The highest BCUT2D eigenvalue weighted by Crippen LogP contribution is 2.16. The second kappa shape index (κ2) is 6.77. The lowest BCUT2D eigenvalue weighted by Gasteiger charge is -2.33. The van der Waals surface area contributed by atoms with Crippen molar-refractivity contribution in [2.75, 3.05) is 13.1 Å². The zero-order chi connectivity index (χ0) is 15.5. The molecule has 116 valence electrons. The van der Waals surface area contributed by atoms with Crippen LogP contribution >= 0.6 is 11.6 Å². The molecule has 1 aliphatic heterocycles. The van der Waals surface area contributed by atoms with E-state index < -0.39 is 5.54 Å². The van der Waals surface area contributed by atoms with E-state index in [9.17, 15) is 4.79 Å². The van der Waals surface area contributed by atoms with E-state index in [1.54, 1.807) is 13.8 Å². The molecule has 2 rings (SSSR count). The molecule has 21 heavy (non-hydrogen) atoms. The van der Waals surface area contributed by atoms with Crippen molar-refractivity contribution in [3.8, 4) is 0 Å². The molecule has 0 aliphatic carbocycles. The summed E-state index contributed by atoms with van der Waals surface area (Å²) in [6.07, 6.45) is 1.94. The predicted octanol–water partition coefficient (Wildman–Crippen LogP) is 2.16. The lowest BCUT2D eigenvalue weighted by Crippen LogP contribution is -2.54. The van der Waals surface area contributed by atoms with E-state index >= 15 is 0 Å². The number of nitrogens with two attached hydrogens (primary N) is 1. The number of benzene rings is 1. The number of likely N-dealkylation sites (tertiary alicyclic amines) is 1. The summed E-state index contributed by atoms with van der Waals surface area (Å²) in [4.78, 5) is 14.3. The van der Waals surface area contributed by atoms with Crippen molar-refractivity contribution < 1.29 is 4.79 Å². The number of carbonyl (C=O) groups excluding carboxylic acids is 1. The Kier molecular flexibility index (Phi) is 5.25. The number of piperidine rings is 1.